The largest absolute Gasteiger partial charge is 0.484 e. The first-order chi connectivity index (χ1) is 13.9. The van der Waals surface area contributed by atoms with E-state index in [4.69, 9.17) is 4.74 Å². The van der Waals surface area contributed by atoms with Crippen molar-refractivity contribution in [2.75, 3.05) is 25.0 Å². The molecule has 29 heavy (non-hydrogen) atoms. The highest BCUT2D eigenvalue weighted by Crippen LogP contribution is 2.17. The van der Waals surface area contributed by atoms with E-state index in [0.29, 0.717) is 17.0 Å². The minimum absolute atomic E-state index is 0.00427. The molecular formula is C22H27N3O4. The van der Waals surface area contributed by atoms with Gasteiger partial charge in [-0.3, -0.25) is 14.4 Å². The van der Waals surface area contributed by atoms with Crippen LogP contribution in [0, 0.1) is 13.8 Å². The van der Waals surface area contributed by atoms with Crippen molar-refractivity contribution in [3.05, 3.63) is 57.5 Å². The minimum Gasteiger partial charge on any atom is -0.484 e. The molecule has 154 valence electrons. The highest BCUT2D eigenvalue weighted by Gasteiger charge is 2.18. The lowest BCUT2D eigenvalue weighted by Crippen LogP contribution is -2.38. The fourth-order valence-electron chi connectivity index (χ4n) is 3.46. The summed E-state index contributed by atoms with van der Waals surface area (Å²) in [5, 5.41) is 2.75. The van der Waals surface area contributed by atoms with Gasteiger partial charge < -0.3 is 19.5 Å². The molecule has 0 radical (unpaired) electrons. The van der Waals surface area contributed by atoms with Crippen molar-refractivity contribution in [3.63, 3.8) is 0 Å². The molecule has 7 nitrogen and oxygen atoms in total. The molecule has 0 atom stereocenters. The second-order valence-corrected chi connectivity index (χ2v) is 7.42. The molecule has 2 amide bonds. The maximum absolute atomic E-state index is 12.6. The number of carbonyl (C=O) groups excluding carboxylic acids is 2. The van der Waals surface area contributed by atoms with Crippen LogP contribution < -0.4 is 15.6 Å². The normalized spacial score (nSPS) is 13.8. The number of likely N-dealkylation sites (tertiary alicyclic amines) is 1. The minimum atomic E-state index is -0.447. The number of ether oxygens (including phenoxy) is 1. The molecule has 3 rings (SSSR count). The third kappa shape index (κ3) is 4.85. The van der Waals surface area contributed by atoms with Crippen LogP contribution in [0.2, 0.25) is 0 Å². The van der Waals surface area contributed by atoms with Gasteiger partial charge in [0, 0.05) is 31.5 Å². The number of benzene rings is 1. The number of carbonyl (C=O) groups is 2. The Hall–Kier alpha value is -3.09. The van der Waals surface area contributed by atoms with Crippen LogP contribution >= 0.6 is 0 Å². The summed E-state index contributed by atoms with van der Waals surface area (Å²) in [5.41, 5.74) is 1.79. The van der Waals surface area contributed by atoms with Gasteiger partial charge in [-0.2, -0.15) is 0 Å². The van der Waals surface area contributed by atoms with E-state index in [1.807, 2.05) is 17.9 Å². The summed E-state index contributed by atoms with van der Waals surface area (Å²) in [6, 6.07) is 8.57. The zero-order valence-electron chi connectivity index (χ0n) is 17.2. The monoisotopic (exact) mass is 397 g/mol. The molecule has 0 spiro atoms. The number of pyridine rings is 1. The van der Waals surface area contributed by atoms with Crippen molar-refractivity contribution in [1.82, 2.24) is 9.47 Å². The van der Waals surface area contributed by atoms with Crippen LogP contribution in [-0.2, 0) is 11.8 Å². The molecule has 2 aromatic rings. The first-order valence-corrected chi connectivity index (χ1v) is 9.86. The molecule has 1 N–H and O–H groups in total. The SMILES string of the molecule is Cc1cc(C)n(C)c(=O)c1C(=O)Nc1ccc(OCC(=O)N2CCCCC2)cc1. The standard InChI is InChI=1S/C22H27N3O4/c1-15-13-16(2)24(3)22(28)20(15)21(27)23-17-7-9-18(10-8-17)29-14-19(26)25-11-5-4-6-12-25/h7-10,13H,4-6,11-12,14H2,1-3H3,(H,23,27). The molecule has 1 aromatic heterocycles. The maximum atomic E-state index is 12.6. The fourth-order valence-corrected chi connectivity index (χ4v) is 3.46. The second-order valence-electron chi connectivity index (χ2n) is 7.42. The quantitative estimate of drug-likeness (QED) is 0.841. The molecular weight excluding hydrogens is 370 g/mol. The maximum Gasteiger partial charge on any atom is 0.263 e. The van der Waals surface area contributed by atoms with Gasteiger partial charge in [-0.05, 0) is 69.0 Å². The Balaban J connectivity index is 1.61. The average Bonchev–Trinajstić information content (AvgIpc) is 2.72. The molecule has 0 bridgehead atoms. The van der Waals surface area contributed by atoms with Gasteiger partial charge in [0.2, 0.25) is 0 Å². The van der Waals surface area contributed by atoms with E-state index in [9.17, 15) is 14.4 Å². The first-order valence-electron chi connectivity index (χ1n) is 9.86. The number of piperidine rings is 1. The van der Waals surface area contributed by atoms with Crippen LogP contribution in [0.5, 0.6) is 5.75 Å². The summed E-state index contributed by atoms with van der Waals surface area (Å²) in [4.78, 5) is 39.0. The molecule has 1 aromatic carbocycles. The summed E-state index contributed by atoms with van der Waals surface area (Å²) in [6.45, 7) is 5.17. The van der Waals surface area contributed by atoms with E-state index < -0.39 is 5.91 Å². The van der Waals surface area contributed by atoms with Crippen LogP contribution in [0.25, 0.3) is 0 Å². The molecule has 0 aliphatic carbocycles. The Morgan fingerprint density at radius 1 is 1.07 bits per heavy atom. The van der Waals surface area contributed by atoms with Crippen molar-refractivity contribution in [1.29, 1.82) is 0 Å². The number of nitrogens with one attached hydrogen (secondary N) is 1. The number of hydrogen-bond donors (Lipinski definition) is 1. The third-order valence-electron chi connectivity index (χ3n) is 5.28. The number of aromatic nitrogens is 1. The van der Waals surface area contributed by atoms with Gasteiger partial charge in [0.05, 0.1) is 0 Å². The lowest BCUT2D eigenvalue weighted by molar-refractivity contribution is -0.134. The molecule has 1 fully saturated rings. The van der Waals surface area contributed by atoms with Crippen LogP contribution in [-0.4, -0.2) is 41.0 Å². The van der Waals surface area contributed by atoms with Crippen molar-refractivity contribution >= 4 is 17.5 Å². The molecule has 1 aliphatic rings. The lowest BCUT2D eigenvalue weighted by Gasteiger charge is -2.26. The van der Waals surface area contributed by atoms with Gasteiger partial charge in [0.1, 0.15) is 11.3 Å². The molecule has 0 unspecified atom stereocenters. The second kappa shape index (κ2) is 8.94. The Bertz CT molecular complexity index is 957. The molecule has 7 heteroatoms. The Labute approximate surface area is 170 Å². The number of aryl methyl sites for hydroxylation is 2. The molecule has 1 saturated heterocycles. The van der Waals surface area contributed by atoms with E-state index >= 15 is 0 Å². The predicted octanol–water partition coefficient (Wildman–Crippen LogP) is 2.65. The summed E-state index contributed by atoms with van der Waals surface area (Å²) >= 11 is 0. The van der Waals surface area contributed by atoms with Gasteiger partial charge in [0.15, 0.2) is 6.61 Å². The molecule has 2 heterocycles. The van der Waals surface area contributed by atoms with Crippen molar-refractivity contribution in [2.45, 2.75) is 33.1 Å². The topological polar surface area (TPSA) is 80.6 Å². The van der Waals surface area contributed by atoms with Gasteiger partial charge in [-0.25, -0.2) is 0 Å². The van der Waals surface area contributed by atoms with Crippen molar-refractivity contribution in [3.8, 4) is 5.75 Å². The van der Waals surface area contributed by atoms with Crippen LogP contribution in [0.1, 0.15) is 40.9 Å². The fraction of sp³-hybridized carbons (Fsp3) is 0.409. The summed E-state index contributed by atoms with van der Waals surface area (Å²) < 4.78 is 7.03. The Morgan fingerprint density at radius 3 is 2.38 bits per heavy atom. The van der Waals surface area contributed by atoms with Crippen molar-refractivity contribution < 1.29 is 14.3 Å². The van der Waals surface area contributed by atoms with E-state index in [0.717, 1.165) is 31.6 Å². The van der Waals surface area contributed by atoms with E-state index in [1.54, 1.807) is 38.2 Å². The smallest absolute Gasteiger partial charge is 0.263 e. The number of hydrogen-bond acceptors (Lipinski definition) is 4. The number of nitrogens with zero attached hydrogens (tertiary/aromatic N) is 2. The molecule has 1 aliphatic heterocycles. The number of amides is 2. The van der Waals surface area contributed by atoms with Gasteiger partial charge >= 0.3 is 0 Å². The third-order valence-corrected chi connectivity index (χ3v) is 5.28. The van der Waals surface area contributed by atoms with Crippen LogP contribution in [0.15, 0.2) is 35.1 Å². The predicted molar refractivity (Wildman–Crippen MR) is 111 cm³/mol. The number of rotatable bonds is 5. The highest BCUT2D eigenvalue weighted by atomic mass is 16.5. The zero-order valence-corrected chi connectivity index (χ0v) is 17.2. The van der Waals surface area contributed by atoms with Gasteiger partial charge in [0.25, 0.3) is 17.4 Å². The van der Waals surface area contributed by atoms with E-state index in [2.05, 4.69) is 5.32 Å². The van der Waals surface area contributed by atoms with E-state index in [1.165, 1.54) is 11.0 Å². The van der Waals surface area contributed by atoms with E-state index in [-0.39, 0.29) is 23.6 Å². The van der Waals surface area contributed by atoms with Crippen LogP contribution in [0.4, 0.5) is 5.69 Å². The Kier molecular flexibility index (Phi) is 6.36. The van der Waals surface area contributed by atoms with Gasteiger partial charge in [-0.1, -0.05) is 0 Å². The van der Waals surface area contributed by atoms with Crippen molar-refractivity contribution in [2.24, 2.45) is 7.05 Å². The summed E-state index contributed by atoms with van der Waals surface area (Å²) in [5.74, 6) is 0.0978. The lowest BCUT2D eigenvalue weighted by atomic mass is 10.1. The summed E-state index contributed by atoms with van der Waals surface area (Å²) in [7, 11) is 1.64. The highest BCUT2D eigenvalue weighted by molar-refractivity contribution is 6.05. The average molecular weight is 397 g/mol. The first kappa shape index (κ1) is 20.6. The van der Waals surface area contributed by atoms with Crippen LogP contribution in [0.3, 0.4) is 0 Å². The van der Waals surface area contributed by atoms with Gasteiger partial charge in [-0.15, -0.1) is 0 Å². The summed E-state index contributed by atoms with van der Waals surface area (Å²) in [6.07, 6.45) is 3.26. The zero-order chi connectivity index (χ0) is 21.0. The Morgan fingerprint density at radius 2 is 1.72 bits per heavy atom. The number of anilines is 1. The molecule has 0 saturated carbocycles.